The Morgan fingerprint density at radius 3 is 0.571 bits per heavy atom. The summed E-state index contributed by atoms with van der Waals surface area (Å²) in [5.41, 5.74) is 0. The van der Waals surface area contributed by atoms with Crippen LogP contribution in [0.5, 0.6) is 0 Å². The Balaban J connectivity index is -0.0000000270. The van der Waals surface area contributed by atoms with Gasteiger partial charge in [0.1, 0.15) is 0 Å². The second kappa shape index (κ2) is 22.6. The van der Waals surface area contributed by atoms with Gasteiger partial charge in [-0.25, -0.2) is 0 Å². The Morgan fingerprint density at radius 1 is 0.571 bits per heavy atom. The Bertz CT molecular complexity index is 116. The van der Waals surface area contributed by atoms with E-state index in [-0.39, 0.29) is 39.6 Å². The molecule has 0 bridgehead atoms. The minimum atomic E-state index is -1.75. The summed E-state index contributed by atoms with van der Waals surface area (Å²) in [5.74, 6) is 0. The van der Waals surface area contributed by atoms with Crippen molar-refractivity contribution < 1.29 is 15.3 Å². The standard InChI is InChI=1S/2Ga.3NO3.3H/c;;3*2-1(3)4;;;/q;+3;3*-1;;;. The van der Waals surface area contributed by atoms with Crippen molar-refractivity contribution in [3.05, 3.63) is 46.0 Å². The van der Waals surface area contributed by atoms with Crippen LogP contribution in [0.3, 0.4) is 0 Å². The van der Waals surface area contributed by atoms with Gasteiger partial charge in [-0.1, -0.05) is 0 Å². The van der Waals surface area contributed by atoms with E-state index in [1.54, 1.807) is 0 Å². The molecule has 0 aliphatic rings. The second-order valence-corrected chi connectivity index (χ2v) is 0.671. The molecule has 0 atom stereocenters. The van der Waals surface area contributed by atoms with Crippen LogP contribution in [0, 0.1) is 46.0 Å². The van der Waals surface area contributed by atoms with E-state index in [2.05, 4.69) is 0 Å². The SMILES string of the molecule is O=[N+]([O-])[O-].O=[N+]([O-])[O-].O=[N+]([O-])[O-].[Ga+3].[GaH3]. The van der Waals surface area contributed by atoms with E-state index in [1.165, 1.54) is 0 Å². The number of rotatable bonds is 0. The van der Waals surface area contributed by atoms with Crippen molar-refractivity contribution in [1.29, 1.82) is 0 Å². The number of hydrogen-bond donors (Lipinski definition) is 0. The minimum absolute atomic E-state index is 0. The molecular formula is H3Ga2N3O9. The van der Waals surface area contributed by atoms with Crippen LogP contribution in [0.25, 0.3) is 0 Å². The first-order valence-electron chi connectivity index (χ1n) is 1.64. The fraction of sp³-hybridized carbons (Fsp3) is 0. The predicted molar refractivity (Wildman–Crippen MR) is 46.8 cm³/mol. The Morgan fingerprint density at radius 2 is 0.571 bits per heavy atom. The van der Waals surface area contributed by atoms with E-state index >= 15 is 0 Å². The topological polar surface area (TPSA) is 199 Å². The molecule has 14 heteroatoms. The number of hydrogen-bond acceptors (Lipinski definition) is 9. The zero-order valence-corrected chi connectivity index (χ0v) is 8.02. The molecule has 78 valence electrons. The molecular weight excluding hydrogens is 325 g/mol. The van der Waals surface area contributed by atoms with Crippen molar-refractivity contribution in [1.82, 2.24) is 0 Å². The predicted octanol–water partition coefficient (Wildman–Crippen LogP) is -2.28. The van der Waals surface area contributed by atoms with E-state index in [9.17, 15) is 0 Å². The van der Waals surface area contributed by atoms with Crippen molar-refractivity contribution >= 4 is 39.6 Å². The quantitative estimate of drug-likeness (QED) is 0.267. The molecule has 0 N–H and O–H groups in total. The van der Waals surface area contributed by atoms with Crippen LogP contribution in [0.15, 0.2) is 0 Å². The van der Waals surface area contributed by atoms with Crippen molar-refractivity contribution in [3.63, 3.8) is 0 Å². The van der Waals surface area contributed by atoms with Crippen molar-refractivity contribution in [2.45, 2.75) is 0 Å². The van der Waals surface area contributed by atoms with Gasteiger partial charge >= 0.3 is 39.6 Å². The van der Waals surface area contributed by atoms with E-state index in [0.717, 1.165) is 0 Å². The maximum atomic E-state index is 8.25. The van der Waals surface area contributed by atoms with Crippen molar-refractivity contribution in [2.75, 3.05) is 0 Å². The molecule has 0 fully saturated rings. The van der Waals surface area contributed by atoms with Gasteiger partial charge in [-0.15, -0.1) is 0 Å². The summed E-state index contributed by atoms with van der Waals surface area (Å²) >= 11 is 0. The van der Waals surface area contributed by atoms with Gasteiger partial charge in [-0.2, -0.15) is 0 Å². The molecule has 0 unspecified atom stereocenters. The molecule has 0 amide bonds. The van der Waals surface area contributed by atoms with Crippen LogP contribution in [0.1, 0.15) is 0 Å². The van der Waals surface area contributed by atoms with E-state index in [0.29, 0.717) is 0 Å². The Labute approximate surface area is 101 Å². The van der Waals surface area contributed by atoms with Gasteiger partial charge in [0.25, 0.3) is 0 Å². The van der Waals surface area contributed by atoms with Gasteiger partial charge in [0.15, 0.2) is 0 Å². The normalized spacial score (nSPS) is 5.14. The molecule has 0 saturated heterocycles. The third-order valence-electron chi connectivity index (χ3n) is 0. The zero-order chi connectivity index (χ0) is 10.7. The molecule has 0 heterocycles. The van der Waals surface area contributed by atoms with Gasteiger partial charge in [-0.3, -0.25) is 0 Å². The van der Waals surface area contributed by atoms with E-state index in [1.807, 2.05) is 0 Å². The molecule has 0 rings (SSSR count). The van der Waals surface area contributed by atoms with Crippen molar-refractivity contribution in [3.8, 4) is 0 Å². The molecule has 12 nitrogen and oxygen atoms in total. The molecule has 0 aliphatic heterocycles. The molecule has 0 saturated carbocycles. The van der Waals surface area contributed by atoms with Gasteiger partial charge < -0.3 is 46.0 Å². The summed E-state index contributed by atoms with van der Waals surface area (Å²) < 4.78 is 0. The van der Waals surface area contributed by atoms with E-state index in [4.69, 9.17) is 46.0 Å². The summed E-state index contributed by atoms with van der Waals surface area (Å²) in [4.78, 5) is 24.8. The van der Waals surface area contributed by atoms with Gasteiger partial charge in [-0.05, 0) is 0 Å². The van der Waals surface area contributed by atoms with Crippen LogP contribution in [0.4, 0.5) is 0 Å². The molecule has 0 spiro atoms. The first kappa shape index (κ1) is 29.3. The third-order valence-corrected chi connectivity index (χ3v) is 0. The van der Waals surface area contributed by atoms with Gasteiger partial charge in [0.05, 0.1) is 15.3 Å². The number of nitrogens with zero attached hydrogens (tertiary/aromatic N) is 3. The molecule has 0 aliphatic carbocycles. The first-order chi connectivity index (χ1) is 5.20. The Hall–Kier alpha value is -1.13. The van der Waals surface area contributed by atoms with E-state index < -0.39 is 15.3 Å². The first-order valence-corrected chi connectivity index (χ1v) is 1.64. The van der Waals surface area contributed by atoms with Crippen LogP contribution in [-0.4, -0.2) is 54.8 Å². The molecule has 0 radical (unpaired) electrons. The second-order valence-electron chi connectivity index (χ2n) is 0.671. The summed E-state index contributed by atoms with van der Waals surface area (Å²) in [6.07, 6.45) is 0. The van der Waals surface area contributed by atoms with Gasteiger partial charge in [0.2, 0.25) is 0 Å². The third kappa shape index (κ3) is 834. The monoisotopic (exact) mass is 327 g/mol. The summed E-state index contributed by atoms with van der Waals surface area (Å²) in [6, 6.07) is 0. The fourth-order valence-corrected chi connectivity index (χ4v) is 0. The van der Waals surface area contributed by atoms with Crippen LogP contribution >= 0.6 is 0 Å². The molecule has 0 aromatic rings. The van der Waals surface area contributed by atoms with Crippen LogP contribution in [-0.2, 0) is 0 Å². The van der Waals surface area contributed by atoms with Gasteiger partial charge in [0, 0.05) is 0 Å². The fourth-order valence-electron chi connectivity index (χ4n) is 0. The maximum absolute atomic E-state index is 8.25. The van der Waals surface area contributed by atoms with Crippen LogP contribution in [0.2, 0.25) is 0 Å². The Kier molecular flexibility index (Phi) is 47.4. The van der Waals surface area contributed by atoms with Crippen LogP contribution < -0.4 is 0 Å². The summed E-state index contributed by atoms with van der Waals surface area (Å²) in [7, 11) is 0. The molecule has 0 aromatic carbocycles. The summed E-state index contributed by atoms with van der Waals surface area (Å²) in [6.45, 7) is 0. The molecule has 14 heavy (non-hydrogen) atoms. The summed E-state index contributed by atoms with van der Waals surface area (Å²) in [5, 5.41) is 44.2. The average molecular weight is 328 g/mol. The zero-order valence-electron chi connectivity index (χ0n) is 5.59. The average Bonchev–Trinajstić information content (AvgIpc) is 1.54. The van der Waals surface area contributed by atoms with Crippen molar-refractivity contribution in [2.24, 2.45) is 0 Å². The molecule has 0 aromatic heterocycles.